The fraction of sp³-hybridized carbons (Fsp3) is 0.0625. The number of carbonyl (C=O) groups excluding carboxylic acids is 1. The molecule has 0 unspecified atom stereocenters. The molecule has 3 rings (SSSR count). The Morgan fingerprint density at radius 3 is 2.59 bits per heavy atom. The summed E-state index contributed by atoms with van der Waals surface area (Å²) in [4.78, 5) is 20.1. The number of halogens is 2. The Hall–Kier alpha value is -2.89. The van der Waals surface area contributed by atoms with E-state index in [1.54, 1.807) is 25.1 Å². The van der Waals surface area contributed by atoms with Gasteiger partial charge in [0.15, 0.2) is 5.82 Å². The second-order valence-corrected chi connectivity index (χ2v) is 4.78. The summed E-state index contributed by atoms with van der Waals surface area (Å²) >= 11 is 0. The van der Waals surface area contributed by atoms with Gasteiger partial charge in [0.05, 0.1) is 5.69 Å². The Bertz CT molecular complexity index is 866. The van der Waals surface area contributed by atoms with Gasteiger partial charge in [-0.15, -0.1) is 0 Å². The average molecular weight is 299 g/mol. The lowest BCUT2D eigenvalue weighted by Gasteiger charge is -2.10. The van der Waals surface area contributed by atoms with E-state index >= 15 is 0 Å². The predicted molar refractivity (Wildman–Crippen MR) is 78.6 cm³/mol. The number of nitrogens with one attached hydrogen (secondary N) is 1. The number of amides is 1. The van der Waals surface area contributed by atoms with Crippen molar-refractivity contribution < 1.29 is 13.6 Å². The van der Waals surface area contributed by atoms with Crippen LogP contribution in [0.5, 0.6) is 0 Å². The third-order valence-electron chi connectivity index (χ3n) is 3.15. The molecule has 0 aliphatic carbocycles. The van der Waals surface area contributed by atoms with Crippen molar-refractivity contribution in [2.45, 2.75) is 6.92 Å². The van der Waals surface area contributed by atoms with Crippen LogP contribution >= 0.6 is 0 Å². The standard InChI is InChI=1S/C16H11F2N3O/c1-9-6-14(21-16(22)10-2-4-19-5-3-10)12-7-11(17)8-13(18)15(12)20-9/h2-8H,1H3,(H,20,21,22). The zero-order chi connectivity index (χ0) is 15.7. The molecule has 0 fully saturated rings. The van der Waals surface area contributed by atoms with Crippen molar-refractivity contribution in [2.24, 2.45) is 0 Å². The molecule has 1 N–H and O–H groups in total. The van der Waals surface area contributed by atoms with E-state index < -0.39 is 11.6 Å². The summed E-state index contributed by atoms with van der Waals surface area (Å²) in [7, 11) is 0. The largest absolute Gasteiger partial charge is 0.321 e. The summed E-state index contributed by atoms with van der Waals surface area (Å²) in [5.74, 6) is -1.88. The lowest BCUT2D eigenvalue weighted by Crippen LogP contribution is -2.12. The third-order valence-corrected chi connectivity index (χ3v) is 3.15. The highest BCUT2D eigenvalue weighted by Gasteiger charge is 2.13. The van der Waals surface area contributed by atoms with Crippen molar-refractivity contribution >= 4 is 22.5 Å². The summed E-state index contributed by atoms with van der Waals surface area (Å²) in [6, 6.07) is 6.58. The SMILES string of the molecule is Cc1cc(NC(=O)c2ccncc2)c2cc(F)cc(F)c2n1. The molecular formula is C16H11F2N3O. The van der Waals surface area contributed by atoms with Crippen LogP contribution in [0, 0.1) is 18.6 Å². The highest BCUT2D eigenvalue weighted by atomic mass is 19.1. The quantitative estimate of drug-likeness (QED) is 0.788. The van der Waals surface area contributed by atoms with Crippen molar-refractivity contribution in [1.29, 1.82) is 0 Å². The fourth-order valence-electron chi connectivity index (χ4n) is 2.18. The Morgan fingerprint density at radius 1 is 1.14 bits per heavy atom. The Kier molecular flexibility index (Phi) is 3.50. The molecule has 0 saturated carbocycles. The lowest BCUT2D eigenvalue weighted by atomic mass is 10.1. The molecule has 22 heavy (non-hydrogen) atoms. The van der Waals surface area contributed by atoms with E-state index in [4.69, 9.17) is 0 Å². The maximum absolute atomic E-state index is 13.8. The van der Waals surface area contributed by atoms with E-state index in [1.807, 2.05) is 0 Å². The number of carbonyl (C=O) groups is 1. The van der Waals surface area contributed by atoms with Gasteiger partial charge in [-0.05, 0) is 31.2 Å². The number of aromatic nitrogens is 2. The Labute approximate surface area is 124 Å². The molecule has 1 aromatic carbocycles. The molecule has 0 radical (unpaired) electrons. The van der Waals surface area contributed by atoms with Gasteiger partial charge in [-0.3, -0.25) is 9.78 Å². The van der Waals surface area contributed by atoms with Gasteiger partial charge in [0.25, 0.3) is 5.91 Å². The van der Waals surface area contributed by atoms with Crippen LogP contribution < -0.4 is 5.32 Å². The Balaban J connectivity index is 2.09. The van der Waals surface area contributed by atoms with Crippen LogP contribution in [-0.4, -0.2) is 15.9 Å². The molecule has 0 saturated heterocycles. The molecule has 6 heteroatoms. The normalized spacial score (nSPS) is 10.7. The zero-order valence-electron chi connectivity index (χ0n) is 11.6. The number of fused-ring (bicyclic) bond motifs is 1. The van der Waals surface area contributed by atoms with Gasteiger partial charge >= 0.3 is 0 Å². The fourth-order valence-corrected chi connectivity index (χ4v) is 2.18. The molecule has 110 valence electrons. The van der Waals surface area contributed by atoms with Crippen LogP contribution in [0.3, 0.4) is 0 Å². The molecule has 0 spiro atoms. The minimum absolute atomic E-state index is 0.0198. The van der Waals surface area contributed by atoms with Gasteiger partial charge in [0, 0.05) is 35.1 Å². The first kappa shape index (κ1) is 14.1. The zero-order valence-corrected chi connectivity index (χ0v) is 11.6. The molecule has 2 heterocycles. The molecule has 0 aliphatic heterocycles. The molecular weight excluding hydrogens is 288 g/mol. The van der Waals surface area contributed by atoms with E-state index in [2.05, 4.69) is 15.3 Å². The van der Waals surface area contributed by atoms with Crippen molar-refractivity contribution in [3.63, 3.8) is 0 Å². The van der Waals surface area contributed by atoms with E-state index in [0.717, 1.165) is 12.1 Å². The van der Waals surface area contributed by atoms with Crippen LogP contribution in [0.15, 0.2) is 42.7 Å². The van der Waals surface area contributed by atoms with Crippen LogP contribution in [0.1, 0.15) is 16.1 Å². The minimum atomic E-state index is -0.766. The maximum Gasteiger partial charge on any atom is 0.255 e. The van der Waals surface area contributed by atoms with Gasteiger partial charge in [-0.1, -0.05) is 0 Å². The highest BCUT2D eigenvalue weighted by molar-refractivity contribution is 6.08. The van der Waals surface area contributed by atoms with Crippen molar-refractivity contribution in [2.75, 3.05) is 5.32 Å². The number of hydrogen-bond acceptors (Lipinski definition) is 3. The topological polar surface area (TPSA) is 54.9 Å². The molecule has 4 nitrogen and oxygen atoms in total. The number of rotatable bonds is 2. The van der Waals surface area contributed by atoms with Crippen LogP contribution in [0.4, 0.5) is 14.5 Å². The van der Waals surface area contributed by atoms with Crippen LogP contribution in [0.2, 0.25) is 0 Å². The van der Waals surface area contributed by atoms with Gasteiger partial charge in [-0.2, -0.15) is 0 Å². The average Bonchev–Trinajstić information content (AvgIpc) is 2.49. The summed E-state index contributed by atoms with van der Waals surface area (Å²) < 4.78 is 27.3. The van der Waals surface area contributed by atoms with Gasteiger partial charge in [-0.25, -0.2) is 13.8 Å². The van der Waals surface area contributed by atoms with Gasteiger partial charge in [0.2, 0.25) is 0 Å². The van der Waals surface area contributed by atoms with E-state index in [-0.39, 0.29) is 16.8 Å². The van der Waals surface area contributed by atoms with Gasteiger partial charge < -0.3 is 5.32 Å². The molecule has 0 bridgehead atoms. The summed E-state index contributed by atoms with van der Waals surface area (Å²) in [6.45, 7) is 1.67. The summed E-state index contributed by atoms with van der Waals surface area (Å²) in [5.41, 5.74) is 1.24. The molecule has 0 aliphatic rings. The monoisotopic (exact) mass is 299 g/mol. The Morgan fingerprint density at radius 2 is 1.86 bits per heavy atom. The first-order valence-corrected chi connectivity index (χ1v) is 6.52. The molecule has 2 aromatic heterocycles. The van der Waals surface area contributed by atoms with Gasteiger partial charge in [0.1, 0.15) is 11.3 Å². The predicted octanol–water partition coefficient (Wildman–Crippen LogP) is 3.47. The van der Waals surface area contributed by atoms with Crippen LogP contribution in [-0.2, 0) is 0 Å². The van der Waals surface area contributed by atoms with E-state index in [0.29, 0.717) is 16.9 Å². The number of hydrogen-bond donors (Lipinski definition) is 1. The van der Waals surface area contributed by atoms with Crippen molar-refractivity contribution in [1.82, 2.24) is 9.97 Å². The van der Waals surface area contributed by atoms with Crippen molar-refractivity contribution in [3.8, 4) is 0 Å². The third kappa shape index (κ3) is 2.63. The smallest absolute Gasteiger partial charge is 0.255 e. The number of anilines is 1. The minimum Gasteiger partial charge on any atom is -0.321 e. The second-order valence-electron chi connectivity index (χ2n) is 4.78. The number of benzene rings is 1. The number of nitrogens with zero attached hydrogens (tertiary/aromatic N) is 2. The maximum atomic E-state index is 13.8. The number of aryl methyl sites for hydroxylation is 1. The molecule has 3 aromatic rings. The first-order valence-electron chi connectivity index (χ1n) is 6.52. The summed E-state index contributed by atoms with van der Waals surface area (Å²) in [6.07, 6.45) is 2.98. The summed E-state index contributed by atoms with van der Waals surface area (Å²) in [5, 5.41) is 2.87. The highest BCUT2D eigenvalue weighted by Crippen LogP contribution is 2.26. The van der Waals surface area contributed by atoms with Crippen molar-refractivity contribution in [3.05, 3.63) is 65.6 Å². The lowest BCUT2D eigenvalue weighted by molar-refractivity contribution is 0.102. The van der Waals surface area contributed by atoms with E-state index in [9.17, 15) is 13.6 Å². The molecule has 1 amide bonds. The van der Waals surface area contributed by atoms with Crippen LogP contribution in [0.25, 0.3) is 10.9 Å². The second kappa shape index (κ2) is 5.48. The van der Waals surface area contributed by atoms with E-state index in [1.165, 1.54) is 12.4 Å². The molecule has 0 atom stereocenters. The first-order chi connectivity index (χ1) is 10.5. The number of pyridine rings is 2.